The Morgan fingerprint density at radius 1 is 1.08 bits per heavy atom. The minimum atomic E-state index is 0.0129. The van der Waals surface area contributed by atoms with E-state index in [4.69, 9.17) is 0 Å². The maximum absolute atomic E-state index is 12.8. The molecule has 0 aliphatic carbocycles. The molecule has 0 bridgehead atoms. The van der Waals surface area contributed by atoms with Crippen molar-refractivity contribution in [1.82, 2.24) is 9.55 Å². The van der Waals surface area contributed by atoms with E-state index in [0.29, 0.717) is 11.2 Å². The summed E-state index contributed by atoms with van der Waals surface area (Å²) in [5.41, 5.74) is 5.17. The molecule has 0 N–H and O–H groups in total. The van der Waals surface area contributed by atoms with Crippen molar-refractivity contribution >= 4 is 37.5 Å². The Kier molecular flexibility index (Phi) is 4.27. The van der Waals surface area contributed by atoms with Crippen molar-refractivity contribution in [2.75, 3.05) is 0 Å². The lowest BCUT2D eigenvalue weighted by Crippen LogP contribution is -2.20. The number of aromatic nitrogens is 2. The molecule has 0 aliphatic rings. The largest absolute Gasteiger partial charge is 0.294 e. The molecular weight excluding hydrogens is 396 g/mol. The maximum Gasteiger partial charge on any atom is 0.271 e. The van der Waals surface area contributed by atoms with E-state index in [9.17, 15) is 4.79 Å². The molecule has 2 aromatic heterocycles. The van der Waals surface area contributed by atoms with Gasteiger partial charge in [-0.25, -0.2) is 4.98 Å². The van der Waals surface area contributed by atoms with Crippen LogP contribution in [-0.4, -0.2) is 9.55 Å². The predicted octanol–water partition coefficient (Wildman–Crippen LogP) is 5.24. The minimum absolute atomic E-state index is 0.0129. The Bertz CT molecular complexity index is 1100. The van der Waals surface area contributed by atoms with E-state index in [1.165, 1.54) is 16.9 Å². The van der Waals surface area contributed by atoms with Crippen molar-refractivity contribution in [2.45, 2.75) is 13.5 Å². The smallest absolute Gasteiger partial charge is 0.271 e. The first-order valence-electron chi connectivity index (χ1n) is 7.90. The van der Waals surface area contributed by atoms with Crippen molar-refractivity contribution in [3.8, 4) is 11.1 Å². The fourth-order valence-electron chi connectivity index (χ4n) is 2.78. The van der Waals surface area contributed by atoms with Crippen LogP contribution in [0.25, 0.3) is 21.3 Å². The molecule has 0 radical (unpaired) electrons. The molecule has 4 rings (SSSR count). The molecule has 3 nitrogen and oxygen atoms in total. The second kappa shape index (κ2) is 6.58. The van der Waals surface area contributed by atoms with Crippen molar-refractivity contribution in [1.29, 1.82) is 0 Å². The monoisotopic (exact) mass is 410 g/mol. The molecule has 2 aromatic carbocycles. The Balaban J connectivity index is 1.75. The van der Waals surface area contributed by atoms with Gasteiger partial charge in [0.05, 0.1) is 18.4 Å². The first kappa shape index (κ1) is 16.2. The summed E-state index contributed by atoms with van der Waals surface area (Å²) in [5, 5.41) is 2.01. The molecule has 0 saturated carbocycles. The number of halogens is 1. The quantitative estimate of drug-likeness (QED) is 0.462. The topological polar surface area (TPSA) is 34.9 Å². The highest BCUT2D eigenvalue weighted by Crippen LogP contribution is 2.31. The summed E-state index contributed by atoms with van der Waals surface area (Å²) >= 11 is 4.91. The molecule has 0 amide bonds. The highest BCUT2D eigenvalue weighted by molar-refractivity contribution is 9.10. The fraction of sp³-hybridized carbons (Fsp3) is 0.100. The normalized spacial score (nSPS) is 11.1. The molecule has 0 fully saturated rings. The van der Waals surface area contributed by atoms with Crippen LogP contribution in [-0.2, 0) is 6.54 Å². The van der Waals surface area contributed by atoms with Crippen LogP contribution in [0.1, 0.15) is 11.1 Å². The van der Waals surface area contributed by atoms with Crippen LogP contribution in [0.5, 0.6) is 0 Å². The average molecular weight is 411 g/mol. The fourth-order valence-corrected chi connectivity index (χ4v) is 4.02. The first-order valence-corrected chi connectivity index (χ1v) is 9.57. The van der Waals surface area contributed by atoms with Gasteiger partial charge >= 0.3 is 0 Å². The van der Waals surface area contributed by atoms with E-state index in [1.807, 2.05) is 41.8 Å². The summed E-state index contributed by atoms with van der Waals surface area (Å²) in [7, 11) is 0. The molecule has 0 aliphatic heterocycles. The van der Waals surface area contributed by atoms with Gasteiger partial charge in [0, 0.05) is 15.4 Å². The van der Waals surface area contributed by atoms with E-state index in [-0.39, 0.29) is 5.56 Å². The van der Waals surface area contributed by atoms with Gasteiger partial charge in [0.1, 0.15) is 4.70 Å². The Morgan fingerprint density at radius 2 is 1.80 bits per heavy atom. The summed E-state index contributed by atoms with van der Waals surface area (Å²) in [5.74, 6) is 0. The highest BCUT2D eigenvalue weighted by atomic mass is 79.9. The van der Waals surface area contributed by atoms with Crippen LogP contribution in [0.4, 0.5) is 0 Å². The average Bonchev–Trinajstić information content (AvgIpc) is 3.05. The number of nitrogens with zero attached hydrogens (tertiary/aromatic N) is 2. The van der Waals surface area contributed by atoms with Gasteiger partial charge in [-0.2, -0.15) is 0 Å². The van der Waals surface area contributed by atoms with Crippen molar-refractivity contribution < 1.29 is 0 Å². The molecule has 0 spiro atoms. The van der Waals surface area contributed by atoms with Gasteiger partial charge in [0.25, 0.3) is 5.56 Å². The Hall–Kier alpha value is -2.24. The zero-order chi connectivity index (χ0) is 17.4. The van der Waals surface area contributed by atoms with E-state index < -0.39 is 0 Å². The maximum atomic E-state index is 12.8. The number of rotatable bonds is 3. The third-order valence-corrected chi connectivity index (χ3v) is 5.66. The molecular formula is C20H15BrN2OS. The van der Waals surface area contributed by atoms with Crippen molar-refractivity contribution in [3.05, 3.63) is 86.2 Å². The molecule has 0 unspecified atom stereocenters. The number of thiophene rings is 1. The van der Waals surface area contributed by atoms with E-state index in [1.54, 1.807) is 10.9 Å². The lowest BCUT2D eigenvalue weighted by atomic mass is 10.1. The van der Waals surface area contributed by atoms with Gasteiger partial charge < -0.3 is 0 Å². The van der Waals surface area contributed by atoms with Gasteiger partial charge in [-0.3, -0.25) is 9.36 Å². The molecule has 2 heterocycles. The van der Waals surface area contributed by atoms with E-state index >= 15 is 0 Å². The summed E-state index contributed by atoms with van der Waals surface area (Å²) in [4.78, 5) is 17.4. The standard InChI is InChI=1S/C20H15BrN2OS/c1-13-2-4-14(5-3-13)10-23-12-22-18-17(11-25-19(18)20(23)24)15-6-8-16(21)9-7-15/h2-9,11-12H,10H2,1H3. The number of hydrogen-bond acceptors (Lipinski definition) is 3. The SMILES string of the molecule is Cc1ccc(Cn2cnc3c(-c4ccc(Br)cc4)csc3c2=O)cc1. The van der Waals surface area contributed by atoms with Crippen molar-refractivity contribution in [2.24, 2.45) is 0 Å². The number of benzene rings is 2. The second-order valence-corrected chi connectivity index (χ2v) is 7.79. The third kappa shape index (κ3) is 3.17. The summed E-state index contributed by atoms with van der Waals surface area (Å²) in [6, 6.07) is 16.3. The number of aryl methyl sites for hydroxylation is 1. The van der Waals surface area contributed by atoms with Crippen LogP contribution in [0.2, 0.25) is 0 Å². The van der Waals surface area contributed by atoms with Crippen LogP contribution in [0.3, 0.4) is 0 Å². The molecule has 124 valence electrons. The lowest BCUT2D eigenvalue weighted by molar-refractivity contribution is 0.750. The predicted molar refractivity (Wildman–Crippen MR) is 107 cm³/mol. The summed E-state index contributed by atoms with van der Waals surface area (Å²) < 4.78 is 3.41. The van der Waals surface area contributed by atoms with E-state index in [2.05, 4.69) is 40.0 Å². The van der Waals surface area contributed by atoms with Gasteiger partial charge in [-0.05, 0) is 30.2 Å². The summed E-state index contributed by atoms with van der Waals surface area (Å²) in [6.07, 6.45) is 1.65. The second-order valence-electron chi connectivity index (χ2n) is 6.00. The number of fused-ring (bicyclic) bond motifs is 1. The molecule has 0 saturated heterocycles. The van der Waals surface area contributed by atoms with Crippen LogP contribution in [0.15, 0.2) is 69.5 Å². The van der Waals surface area contributed by atoms with Crippen LogP contribution >= 0.6 is 27.3 Å². The minimum Gasteiger partial charge on any atom is -0.294 e. The van der Waals surface area contributed by atoms with Crippen LogP contribution in [0, 0.1) is 6.92 Å². The molecule has 25 heavy (non-hydrogen) atoms. The highest BCUT2D eigenvalue weighted by Gasteiger charge is 2.12. The van der Waals surface area contributed by atoms with Gasteiger partial charge in [-0.1, -0.05) is 57.9 Å². The van der Waals surface area contributed by atoms with Gasteiger partial charge in [-0.15, -0.1) is 11.3 Å². The first-order chi connectivity index (χ1) is 12.1. The molecule has 4 aromatic rings. The van der Waals surface area contributed by atoms with Gasteiger partial charge in [0.2, 0.25) is 0 Å². The van der Waals surface area contributed by atoms with Crippen molar-refractivity contribution in [3.63, 3.8) is 0 Å². The van der Waals surface area contributed by atoms with Gasteiger partial charge in [0.15, 0.2) is 0 Å². The lowest BCUT2D eigenvalue weighted by Gasteiger charge is -2.06. The zero-order valence-electron chi connectivity index (χ0n) is 13.6. The zero-order valence-corrected chi connectivity index (χ0v) is 16.0. The molecule has 5 heteroatoms. The third-order valence-electron chi connectivity index (χ3n) is 4.17. The number of hydrogen-bond donors (Lipinski definition) is 0. The van der Waals surface area contributed by atoms with Crippen LogP contribution < -0.4 is 5.56 Å². The molecule has 0 atom stereocenters. The Morgan fingerprint density at radius 3 is 2.52 bits per heavy atom. The Labute approximate surface area is 157 Å². The van der Waals surface area contributed by atoms with E-state index in [0.717, 1.165) is 26.7 Å². The summed E-state index contributed by atoms with van der Waals surface area (Å²) in [6.45, 7) is 2.59.